The van der Waals surface area contributed by atoms with Crippen molar-refractivity contribution in [1.29, 1.82) is 0 Å². The Morgan fingerprint density at radius 3 is 2.92 bits per heavy atom. The Morgan fingerprint density at radius 1 is 1.50 bits per heavy atom. The second-order valence-corrected chi connectivity index (χ2v) is 3.16. The zero-order valence-electron chi connectivity index (χ0n) is 5.77. The molecule has 0 amide bonds. The van der Waals surface area contributed by atoms with Gasteiger partial charge < -0.3 is 10.9 Å². The Bertz CT molecular complexity index is 439. The van der Waals surface area contributed by atoms with Crippen molar-refractivity contribution in [2.24, 2.45) is 0 Å². The summed E-state index contributed by atoms with van der Waals surface area (Å²) in [5.74, 6) is 0.324. The number of halogens is 1. The zero-order chi connectivity index (χ0) is 8.72. The number of hydrogen-bond donors (Lipinski definition) is 2. The minimum Gasteiger partial charge on any atom is -0.410 e. The molecule has 12 heavy (non-hydrogen) atoms. The van der Waals surface area contributed by atoms with Gasteiger partial charge in [0.1, 0.15) is 15.8 Å². The number of hydrogen-bond acceptors (Lipinski definition) is 5. The topological polar surface area (TPSA) is 89.9 Å². The van der Waals surface area contributed by atoms with E-state index in [1.54, 1.807) is 0 Å². The van der Waals surface area contributed by atoms with Crippen LogP contribution < -0.4 is 5.73 Å². The fraction of sp³-hybridized carbons (Fsp3) is 0. The highest BCUT2D eigenvalue weighted by molar-refractivity contribution is 14.1. The molecule has 0 unspecified atom stereocenters. The van der Waals surface area contributed by atoms with Crippen molar-refractivity contribution in [2.75, 3.05) is 5.73 Å². The van der Waals surface area contributed by atoms with Crippen molar-refractivity contribution in [1.82, 2.24) is 19.9 Å². The molecule has 0 saturated heterocycles. The van der Waals surface area contributed by atoms with Gasteiger partial charge in [-0.2, -0.15) is 0 Å². The highest BCUT2D eigenvalue weighted by Crippen LogP contribution is 2.20. The summed E-state index contributed by atoms with van der Waals surface area (Å²) in [7, 11) is 0. The van der Waals surface area contributed by atoms with Gasteiger partial charge in [-0.05, 0) is 22.6 Å². The molecule has 0 aromatic carbocycles. The molecule has 2 aromatic heterocycles. The SMILES string of the molecule is Nc1ncnc2c1c(I)nn2O. The van der Waals surface area contributed by atoms with Crippen molar-refractivity contribution < 1.29 is 5.21 Å². The van der Waals surface area contributed by atoms with E-state index in [2.05, 4.69) is 15.1 Å². The molecule has 2 heterocycles. The molecule has 0 aliphatic carbocycles. The lowest BCUT2D eigenvalue weighted by molar-refractivity contribution is 0.158. The molecule has 0 fully saturated rings. The van der Waals surface area contributed by atoms with Gasteiger partial charge in [0, 0.05) is 0 Å². The van der Waals surface area contributed by atoms with Crippen LogP contribution in [0.2, 0.25) is 0 Å². The Labute approximate surface area is 80.5 Å². The molecule has 0 aliphatic heterocycles. The maximum Gasteiger partial charge on any atom is 0.205 e. The van der Waals surface area contributed by atoms with Gasteiger partial charge in [0.25, 0.3) is 0 Å². The maximum absolute atomic E-state index is 9.17. The van der Waals surface area contributed by atoms with Crippen molar-refractivity contribution in [3.05, 3.63) is 10.0 Å². The standard InChI is InChI=1S/C5H4IN5O/c6-3-2-4(7)8-1-9-5(2)11(12)10-3/h1,12H,(H2,7,8,9). The third-order valence-corrected chi connectivity index (χ3v) is 2.19. The molecule has 0 spiro atoms. The van der Waals surface area contributed by atoms with Crippen LogP contribution in [0.1, 0.15) is 0 Å². The van der Waals surface area contributed by atoms with E-state index in [4.69, 9.17) is 5.73 Å². The Morgan fingerprint density at radius 2 is 2.25 bits per heavy atom. The van der Waals surface area contributed by atoms with Gasteiger partial charge in [0.05, 0.1) is 5.39 Å². The second-order valence-electron chi connectivity index (χ2n) is 2.14. The zero-order valence-corrected chi connectivity index (χ0v) is 7.93. The van der Waals surface area contributed by atoms with Crippen LogP contribution in [-0.4, -0.2) is 25.1 Å². The number of anilines is 1. The molecule has 2 rings (SSSR count). The quantitative estimate of drug-likeness (QED) is 0.532. The van der Waals surface area contributed by atoms with Gasteiger partial charge in [-0.15, -0.1) is 5.10 Å². The molecule has 3 N–H and O–H groups in total. The maximum atomic E-state index is 9.17. The first-order chi connectivity index (χ1) is 5.70. The number of nitrogen functional groups attached to an aromatic ring is 1. The summed E-state index contributed by atoms with van der Waals surface area (Å²) in [6.07, 6.45) is 1.28. The first kappa shape index (κ1) is 7.53. The van der Waals surface area contributed by atoms with Crippen LogP contribution in [0.4, 0.5) is 5.82 Å². The first-order valence-corrected chi connectivity index (χ1v) is 4.12. The summed E-state index contributed by atoms with van der Waals surface area (Å²) in [4.78, 5) is 8.29. The van der Waals surface area contributed by atoms with Crippen molar-refractivity contribution >= 4 is 39.4 Å². The average molecular weight is 277 g/mol. The normalized spacial score (nSPS) is 10.8. The van der Waals surface area contributed by atoms with Gasteiger partial charge in [-0.1, -0.05) is 4.85 Å². The van der Waals surface area contributed by atoms with E-state index in [1.807, 2.05) is 22.6 Å². The van der Waals surface area contributed by atoms with Crippen molar-refractivity contribution in [3.63, 3.8) is 0 Å². The highest BCUT2D eigenvalue weighted by atomic mass is 127. The Balaban J connectivity index is 2.99. The summed E-state index contributed by atoms with van der Waals surface area (Å²) in [6.45, 7) is 0. The lowest BCUT2D eigenvalue weighted by Gasteiger charge is -1.92. The van der Waals surface area contributed by atoms with Crippen LogP contribution >= 0.6 is 22.6 Å². The van der Waals surface area contributed by atoms with E-state index >= 15 is 0 Å². The minimum absolute atomic E-state index is 0.324. The fourth-order valence-corrected chi connectivity index (χ4v) is 1.64. The Kier molecular flexibility index (Phi) is 1.53. The van der Waals surface area contributed by atoms with Gasteiger partial charge in [0.15, 0.2) is 0 Å². The molecule has 0 saturated carbocycles. The lowest BCUT2D eigenvalue weighted by Crippen LogP contribution is -1.96. The first-order valence-electron chi connectivity index (χ1n) is 3.04. The van der Waals surface area contributed by atoms with E-state index in [9.17, 15) is 5.21 Å². The lowest BCUT2D eigenvalue weighted by atomic mass is 10.4. The van der Waals surface area contributed by atoms with E-state index in [0.717, 1.165) is 0 Å². The largest absolute Gasteiger partial charge is 0.410 e. The molecule has 7 heteroatoms. The Hall–Kier alpha value is -1.12. The monoisotopic (exact) mass is 277 g/mol. The molecule has 6 nitrogen and oxygen atoms in total. The molecule has 0 atom stereocenters. The van der Waals surface area contributed by atoms with Gasteiger partial charge >= 0.3 is 0 Å². The number of rotatable bonds is 0. The van der Waals surface area contributed by atoms with E-state index in [-0.39, 0.29) is 0 Å². The van der Waals surface area contributed by atoms with E-state index in [1.165, 1.54) is 6.33 Å². The summed E-state index contributed by atoms with van der Waals surface area (Å²) in [5, 5.41) is 13.5. The highest BCUT2D eigenvalue weighted by Gasteiger charge is 2.11. The minimum atomic E-state index is 0.324. The average Bonchev–Trinajstić information content (AvgIpc) is 2.29. The molecule has 0 radical (unpaired) electrons. The fourth-order valence-electron chi connectivity index (χ4n) is 0.920. The third kappa shape index (κ3) is 0.891. The van der Waals surface area contributed by atoms with Crippen LogP contribution in [-0.2, 0) is 0 Å². The second kappa shape index (κ2) is 2.44. The molecule has 0 aliphatic rings. The van der Waals surface area contributed by atoms with Crippen LogP contribution in [0.25, 0.3) is 11.0 Å². The van der Waals surface area contributed by atoms with E-state index < -0.39 is 0 Å². The molecule has 62 valence electrons. The predicted molar refractivity (Wildman–Crippen MR) is 49.6 cm³/mol. The predicted octanol–water partition coefficient (Wildman–Crippen LogP) is 0.250. The van der Waals surface area contributed by atoms with Crippen LogP contribution in [0.3, 0.4) is 0 Å². The number of fused-ring (bicyclic) bond motifs is 1. The number of nitrogens with two attached hydrogens (primary N) is 1. The number of aromatic nitrogens is 4. The summed E-state index contributed by atoms with van der Waals surface area (Å²) in [5.41, 5.74) is 5.88. The van der Waals surface area contributed by atoms with Crippen LogP contribution in [0, 0.1) is 3.70 Å². The van der Waals surface area contributed by atoms with Gasteiger partial charge in [-0.3, -0.25) is 0 Å². The summed E-state index contributed by atoms with van der Waals surface area (Å²) in [6, 6.07) is 0. The van der Waals surface area contributed by atoms with Crippen LogP contribution in [0.15, 0.2) is 6.33 Å². The summed E-state index contributed by atoms with van der Waals surface area (Å²) < 4.78 is 0.586. The van der Waals surface area contributed by atoms with Gasteiger partial charge in [-0.25, -0.2) is 9.97 Å². The molecule has 2 aromatic rings. The van der Waals surface area contributed by atoms with Crippen LogP contribution in [0.5, 0.6) is 0 Å². The smallest absolute Gasteiger partial charge is 0.205 e. The number of nitrogens with zero attached hydrogens (tertiary/aromatic N) is 4. The summed E-state index contributed by atoms with van der Waals surface area (Å²) >= 11 is 1.95. The van der Waals surface area contributed by atoms with Crippen molar-refractivity contribution in [2.45, 2.75) is 0 Å². The molecular weight excluding hydrogens is 273 g/mol. The van der Waals surface area contributed by atoms with Gasteiger partial charge in [0.2, 0.25) is 5.65 Å². The van der Waals surface area contributed by atoms with Crippen molar-refractivity contribution in [3.8, 4) is 0 Å². The third-order valence-electron chi connectivity index (χ3n) is 1.43. The molecule has 0 bridgehead atoms. The molecular formula is C5H4IN5O. The van der Waals surface area contributed by atoms with E-state index in [0.29, 0.717) is 25.4 Å².